The minimum atomic E-state index is -3.99. The van der Waals surface area contributed by atoms with E-state index in [0.29, 0.717) is 12.5 Å². The zero-order chi connectivity index (χ0) is 16.3. The Balaban J connectivity index is 1.96. The quantitative estimate of drug-likeness (QED) is 0.717. The highest BCUT2D eigenvalue weighted by Crippen LogP contribution is 2.27. The molecular weight excluding hydrogens is 311 g/mol. The molecule has 6 nitrogen and oxygen atoms in total. The van der Waals surface area contributed by atoms with Gasteiger partial charge < -0.3 is 5.32 Å². The standard InChI is InChI=1S/C14H17FN2O4S/c1-9(13(18)14(19)16-8-10-2-3-10)17-22(20,21)12-6-4-11(15)5-7-12/h4-7,9-10,17H,2-3,8H2,1H3,(H,16,19). The molecule has 1 aromatic carbocycles. The number of halogens is 1. The van der Waals surface area contributed by atoms with Crippen molar-refractivity contribution in [2.45, 2.75) is 30.7 Å². The molecule has 0 radical (unpaired) electrons. The van der Waals surface area contributed by atoms with Crippen molar-refractivity contribution in [1.82, 2.24) is 10.0 Å². The number of sulfonamides is 1. The molecule has 2 rings (SSSR count). The fraction of sp³-hybridized carbons (Fsp3) is 0.429. The van der Waals surface area contributed by atoms with E-state index in [2.05, 4.69) is 10.0 Å². The van der Waals surface area contributed by atoms with Crippen molar-refractivity contribution < 1.29 is 22.4 Å². The summed E-state index contributed by atoms with van der Waals surface area (Å²) < 4.78 is 39.0. The van der Waals surface area contributed by atoms with E-state index in [0.717, 1.165) is 37.1 Å². The summed E-state index contributed by atoms with van der Waals surface area (Å²) in [5.74, 6) is -1.81. The fourth-order valence-electron chi connectivity index (χ4n) is 1.81. The maximum atomic E-state index is 12.8. The Bertz CT molecular complexity index is 669. The topological polar surface area (TPSA) is 92.3 Å². The summed E-state index contributed by atoms with van der Waals surface area (Å²) in [5, 5.41) is 2.49. The van der Waals surface area contributed by atoms with E-state index in [9.17, 15) is 22.4 Å². The molecule has 2 N–H and O–H groups in total. The van der Waals surface area contributed by atoms with Gasteiger partial charge in [0, 0.05) is 6.54 Å². The van der Waals surface area contributed by atoms with Crippen molar-refractivity contribution in [3.8, 4) is 0 Å². The van der Waals surface area contributed by atoms with Gasteiger partial charge in [0.2, 0.25) is 15.8 Å². The number of rotatable bonds is 7. The largest absolute Gasteiger partial charge is 0.349 e. The lowest BCUT2D eigenvalue weighted by Gasteiger charge is -2.13. The summed E-state index contributed by atoms with van der Waals surface area (Å²) in [5.41, 5.74) is 0. The highest BCUT2D eigenvalue weighted by molar-refractivity contribution is 7.89. The van der Waals surface area contributed by atoms with Crippen LogP contribution in [-0.2, 0) is 19.6 Å². The van der Waals surface area contributed by atoms with Crippen LogP contribution < -0.4 is 10.0 Å². The van der Waals surface area contributed by atoms with Gasteiger partial charge in [-0.25, -0.2) is 17.5 Å². The van der Waals surface area contributed by atoms with Crippen molar-refractivity contribution >= 4 is 21.7 Å². The number of amides is 1. The first kappa shape index (κ1) is 16.6. The Morgan fingerprint density at radius 1 is 1.27 bits per heavy atom. The average molecular weight is 328 g/mol. The predicted octanol–water partition coefficient (Wildman–Crippen LogP) is 0.588. The molecule has 0 aliphatic heterocycles. The van der Waals surface area contributed by atoms with Gasteiger partial charge in [0.25, 0.3) is 5.91 Å². The van der Waals surface area contributed by atoms with Crippen LogP contribution in [0.15, 0.2) is 29.2 Å². The monoisotopic (exact) mass is 328 g/mol. The van der Waals surface area contributed by atoms with E-state index in [1.54, 1.807) is 0 Å². The van der Waals surface area contributed by atoms with E-state index in [1.807, 2.05) is 0 Å². The van der Waals surface area contributed by atoms with Crippen LogP contribution in [0, 0.1) is 11.7 Å². The maximum absolute atomic E-state index is 12.8. The third-order valence-electron chi connectivity index (χ3n) is 3.32. The fourth-order valence-corrected chi connectivity index (χ4v) is 3.01. The van der Waals surface area contributed by atoms with Crippen molar-refractivity contribution in [3.05, 3.63) is 30.1 Å². The number of ketones is 1. The molecule has 120 valence electrons. The molecule has 0 spiro atoms. The first-order valence-corrected chi connectivity index (χ1v) is 8.38. The number of carbonyl (C=O) groups excluding carboxylic acids is 2. The van der Waals surface area contributed by atoms with Crippen LogP contribution in [0.3, 0.4) is 0 Å². The van der Waals surface area contributed by atoms with Crippen LogP contribution in [-0.4, -0.2) is 32.7 Å². The van der Waals surface area contributed by atoms with Gasteiger partial charge in [-0.15, -0.1) is 0 Å². The van der Waals surface area contributed by atoms with Crippen LogP contribution in [0.4, 0.5) is 4.39 Å². The molecule has 0 heterocycles. The molecule has 22 heavy (non-hydrogen) atoms. The molecule has 1 fully saturated rings. The Labute approximate surface area is 128 Å². The number of hydrogen-bond acceptors (Lipinski definition) is 4. The lowest BCUT2D eigenvalue weighted by molar-refractivity contribution is -0.138. The predicted molar refractivity (Wildman–Crippen MR) is 76.9 cm³/mol. The van der Waals surface area contributed by atoms with Crippen LogP contribution >= 0.6 is 0 Å². The molecule has 1 aliphatic carbocycles. The third kappa shape index (κ3) is 4.35. The lowest BCUT2D eigenvalue weighted by atomic mass is 10.2. The highest BCUT2D eigenvalue weighted by atomic mass is 32.2. The van der Waals surface area contributed by atoms with Crippen molar-refractivity contribution in [3.63, 3.8) is 0 Å². The summed E-state index contributed by atoms with van der Waals surface area (Å²) in [6.07, 6.45) is 2.06. The Hall–Kier alpha value is -1.80. The van der Waals surface area contributed by atoms with Crippen molar-refractivity contribution in [2.24, 2.45) is 5.92 Å². The molecule has 0 aromatic heterocycles. The number of benzene rings is 1. The van der Waals surface area contributed by atoms with Gasteiger partial charge in [0.05, 0.1) is 10.9 Å². The van der Waals surface area contributed by atoms with Crippen molar-refractivity contribution in [2.75, 3.05) is 6.54 Å². The van der Waals surface area contributed by atoms with E-state index in [-0.39, 0.29) is 4.90 Å². The second-order valence-electron chi connectivity index (χ2n) is 5.31. The zero-order valence-corrected chi connectivity index (χ0v) is 12.8. The molecular formula is C14H17FN2O4S. The van der Waals surface area contributed by atoms with Crippen LogP contribution in [0.25, 0.3) is 0 Å². The highest BCUT2D eigenvalue weighted by Gasteiger charge is 2.28. The minimum absolute atomic E-state index is 0.174. The SMILES string of the molecule is CC(NS(=O)(=O)c1ccc(F)cc1)C(=O)C(=O)NCC1CC1. The smallest absolute Gasteiger partial charge is 0.289 e. The van der Waals surface area contributed by atoms with Gasteiger partial charge in [-0.2, -0.15) is 0 Å². The number of carbonyl (C=O) groups is 2. The third-order valence-corrected chi connectivity index (χ3v) is 4.88. The normalized spacial score (nSPS) is 16.1. The summed E-state index contributed by atoms with van der Waals surface area (Å²) in [6.45, 7) is 1.72. The molecule has 1 amide bonds. The molecule has 1 aromatic rings. The van der Waals surface area contributed by atoms with E-state index in [4.69, 9.17) is 0 Å². The summed E-state index contributed by atoms with van der Waals surface area (Å²) in [7, 11) is -3.99. The minimum Gasteiger partial charge on any atom is -0.349 e. The van der Waals surface area contributed by atoms with E-state index < -0.39 is 33.6 Å². The zero-order valence-electron chi connectivity index (χ0n) is 12.0. The van der Waals surface area contributed by atoms with Gasteiger partial charge in [-0.05, 0) is 49.9 Å². The van der Waals surface area contributed by atoms with Gasteiger partial charge >= 0.3 is 0 Å². The van der Waals surface area contributed by atoms with Gasteiger partial charge in [-0.1, -0.05) is 0 Å². The number of nitrogens with one attached hydrogen (secondary N) is 2. The lowest BCUT2D eigenvalue weighted by Crippen LogP contribution is -2.46. The van der Waals surface area contributed by atoms with Crippen LogP contribution in [0.5, 0.6) is 0 Å². The van der Waals surface area contributed by atoms with Crippen LogP contribution in [0.1, 0.15) is 19.8 Å². The van der Waals surface area contributed by atoms with E-state index >= 15 is 0 Å². The molecule has 1 aliphatic rings. The Morgan fingerprint density at radius 3 is 2.41 bits per heavy atom. The second-order valence-corrected chi connectivity index (χ2v) is 7.03. The average Bonchev–Trinajstić information content (AvgIpc) is 3.28. The van der Waals surface area contributed by atoms with Gasteiger partial charge in [0.1, 0.15) is 5.82 Å². The first-order chi connectivity index (χ1) is 10.3. The number of hydrogen-bond donors (Lipinski definition) is 2. The van der Waals surface area contributed by atoms with E-state index in [1.165, 1.54) is 6.92 Å². The molecule has 0 saturated heterocycles. The maximum Gasteiger partial charge on any atom is 0.289 e. The van der Waals surface area contributed by atoms with Crippen LogP contribution in [0.2, 0.25) is 0 Å². The molecule has 0 bridgehead atoms. The summed E-state index contributed by atoms with van der Waals surface area (Å²) >= 11 is 0. The van der Waals surface area contributed by atoms with Gasteiger partial charge in [-0.3, -0.25) is 9.59 Å². The second kappa shape index (κ2) is 6.53. The Morgan fingerprint density at radius 2 is 1.86 bits per heavy atom. The Kier molecular flexibility index (Phi) is 4.92. The first-order valence-electron chi connectivity index (χ1n) is 6.89. The number of Topliss-reactive ketones (excluding diaryl/α,β-unsaturated/α-hetero) is 1. The molecule has 8 heteroatoms. The van der Waals surface area contributed by atoms with Crippen molar-refractivity contribution in [1.29, 1.82) is 0 Å². The summed E-state index contributed by atoms with van der Waals surface area (Å²) in [4.78, 5) is 23.3. The molecule has 1 saturated carbocycles. The summed E-state index contributed by atoms with van der Waals surface area (Å²) in [6, 6.07) is 2.98. The molecule has 1 atom stereocenters. The van der Waals surface area contributed by atoms with Gasteiger partial charge in [0.15, 0.2) is 0 Å². The molecule has 1 unspecified atom stereocenters.